The van der Waals surface area contributed by atoms with Gasteiger partial charge in [0.2, 0.25) is 5.56 Å². The van der Waals surface area contributed by atoms with Gasteiger partial charge in [-0.3, -0.25) is 4.79 Å². The van der Waals surface area contributed by atoms with Gasteiger partial charge in [-0.2, -0.15) is 0 Å². The van der Waals surface area contributed by atoms with Crippen LogP contribution in [0.2, 0.25) is 0 Å². The zero-order valence-electron chi connectivity index (χ0n) is 9.32. The summed E-state index contributed by atoms with van der Waals surface area (Å²) < 4.78 is 0. The number of pyridine rings is 1. The molecule has 4 nitrogen and oxygen atoms in total. The Morgan fingerprint density at radius 3 is 2.76 bits per heavy atom. The smallest absolute Gasteiger partial charge is 0.248 e. The molecule has 0 amide bonds. The van der Waals surface area contributed by atoms with E-state index in [-0.39, 0.29) is 5.56 Å². The minimum Gasteiger partial charge on any atom is -0.342 e. The average molecular weight is 225 g/mol. The fraction of sp³-hybridized carbons (Fsp3) is 0.0769. The van der Waals surface area contributed by atoms with Crippen molar-refractivity contribution in [1.82, 2.24) is 15.0 Å². The number of benzene rings is 1. The van der Waals surface area contributed by atoms with Crippen LogP contribution in [-0.2, 0) is 0 Å². The molecule has 0 bridgehead atoms. The molecule has 84 valence electrons. The second-order valence-electron chi connectivity index (χ2n) is 4.01. The van der Waals surface area contributed by atoms with Crippen molar-refractivity contribution in [2.24, 2.45) is 0 Å². The maximum Gasteiger partial charge on any atom is 0.248 e. The van der Waals surface area contributed by atoms with E-state index in [2.05, 4.69) is 15.0 Å². The average Bonchev–Trinajstić information content (AvgIpc) is 2.75. The fourth-order valence-corrected chi connectivity index (χ4v) is 1.89. The predicted molar refractivity (Wildman–Crippen MR) is 66.9 cm³/mol. The van der Waals surface area contributed by atoms with E-state index in [0.717, 1.165) is 28.0 Å². The van der Waals surface area contributed by atoms with Crippen LogP contribution in [-0.4, -0.2) is 15.0 Å². The van der Waals surface area contributed by atoms with E-state index in [9.17, 15) is 4.79 Å². The lowest BCUT2D eigenvalue weighted by Gasteiger charge is -2.01. The lowest BCUT2D eigenvalue weighted by Crippen LogP contribution is -2.01. The molecule has 2 N–H and O–H groups in total. The maximum atomic E-state index is 11.2. The van der Waals surface area contributed by atoms with Crippen LogP contribution in [0.15, 0.2) is 41.3 Å². The van der Waals surface area contributed by atoms with E-state index in [1.54, 1.807) is 0 Å². The summed E-state index contributed by atoms with van der Waals surface area (Å²) in [5.74, 6) is 0.890. The Labute approximate surface area is 97.3 Å². The molecule has 0 fully saturated rings. The maximum absolute atomic E-state index is 11.2. The van der Waals surface area contributed by atoms with Gasteiger partial charge in [0.15, 0.2) is 0 Å². The first-order chi connectivity index (χ1) is 8.22. The Morgan fingerprint density at radius 1 is 1.12 bits per heavy atom. The van der Waals surface area contributed by atoms with Crippen LogP contribution in [0.1, 0.15) is 5.82 Å². The number of aromatic amines is 2. The number of aromatic nitrogens is 3. The van der Waals surface area contributed by atoms with Gasteiger partial charge in [-0.15, -0.1) is 0 Å². The first-order valence-electron chi connectivity index (χ1n) is 5.37. The molecule has 0 spiro atoms. The third-order valence-electron chi connectivity index (χ3n) is 2.74. The minimum absolute atomic E-state index is 0.0809. The van der Waals surface area contributed by atoms with Crippen molar-refractivity contribution in [3.05, 3.63) is 52.7 Å². The molecule has 0 aliphatic rings. The lowest BCUT2D eigenvalue weighted by atomic mass is 10.1. The van der Waals surface area contributed by atoms with Crippen molar-refractivity contribution in [1.29, 1.82) is 0 Å². The molecule has 0 unspecified atom stereocenters. The number of hydrogen-bond acceptors (Lipinski definition) is 2. The molecule has 3 rings (SSSR count). The number of nitrogens with zero attached hydrogens (tertiary/aromatic N) is 1. The normalized spacial score (nSPS) is 10.9. The molecule has 1 aromatic carbocycles. The number of hydrogen-bond donors (Lipinski definition) is 2. The van der Waals surface area contributed by atoms with E-state index >= 15 is 0 Å². The van der Waals surface area contributed by atoms with E-state index in [1.807, 2.05) is 37.4 Å². The van der Waals surface area contributed by atoms with Crippen LogP contribution in [0, 0.1) is 6.92 Å². The third kappa shape index (κ3) is 1.73. The van der Waals surface area contributed by atoms with Crippen LogP contribution < -0.4 is 5.56 Å². The highest BCUT2D eigenvalue weighted by atomic mass is 16.1. The van der Waals surface area contributed by atoms with Crippen LogP contribution in [0.3, 0.4) is 0 Å². The van der Waals surface area contributed by atoms with Crippen LogP contribution in [0.25, 0.3) is 22.2 Å². The predicted octanol–water partition coefficient (Wildman–Crippen LogP) is 2.23. The summed E-state index contributed by atoms with van der Waals surface area (Å²) in [7, 11) is 0. The molecule has 17 heavy (non-hydrogen) atoms. The minimum atomic E-state index is -0.0809. The Balaban J connectivity index is 2.20. The molecule has 0 radical (unpaired) electrons. The summed E-state index contributed by atoms with van der Waals surface area (Å²) in [6, 6.07) is 9.25. The summed E-state index contributed by atoms with van der Waals surface area (Å²) >= 11 is 0. The first kappa shape index (κ1) is 9.84. The van der Waals surface area contributed by atoms with Crippen LogP contribution >= 0.6 is 0 Å². The topological polar surface area (TPSA) is 61.5 Å². The summed E-state index contributed by atoms with van der Waals surface area (Å²) in [5, 5.41) is 1.01. The van der Waals surface area contributed by atoms with E-state index in [1.165, 1.54) is 6.07 Å². The number of rotatable bonds is 1. The van der Waals surface area contributed by atoms with Gasteiger partial charge < -0.3 is 9.97 Å². The highest BCUT2D eigenvalue weighted by Gasteiger charge is 2.02. The van der Waals surface area contributed by atoms with Gasteiger partial charge in [0.25, 0.3) is 0 Å². The van der Waals surface area contributed by atoms with Crippen molar-refractivity contribution in [3.8, 4) is 11.3 Å². The second kappa shape index (κ2) is 3.59. The zero-order chi connectivity index (χ0) is 11.8. The van der Waals surface area contributed by atoms with Crippen molar-refractivity contribution in [3.63, 3.8) is 0 Å². The Kier molecular flexibility index (Phi) is 2.08. The molecule has 2 heterocycles. The molecule has 0 saturated heterocycles. The van der Waals surface area contributed by atoms with Crippen LogP contribution in [0.4, 0.5) is 0 Å². The largest absolute Gasteiger partial charge is 0.342 e. The second-order valence-corrected chi connectivity index (χ2v) is 4.01. The summed E-state index contributed by atoms with van der Waals surface area (Å²) in [5.41, 5.74) is 2.81. The van der Waals surface area contributed by atoms with Gasteiger partial charge >= 0.3 is 0 Å². The fourth-order valence-electron chi connectivity index (χ4n) is 1.89. The SMILES string of the molecule is Cc1ncc(-c2ccc3[nH]c(=O)ccc3c2)[nH]1. The number of fused-ring (bicyclic) bond motifs is 1. The first-order valence-corrected chi connectivity index (χ1v) is 5.37. The van der Waals surface area contributed by atoms with Gasteiger partial charge in [-0.05, 0) is 30.5 Å². The molecular weight excluding hydrogens is 214 g/mol. The quantitative estimate of drug-likeness (QED) is 0.667. The summed E-state index contributed by atoms with van der Waals surface area (Å²) in [6.07, 6.45) is 1.81. The van der Waals surface area contributed by atoms with E-state index in [0.29, 0.717) is 0 Å². The van der Waals surface area contributed by atoms with Gasteiger partial charge in [0.05, 0.1) is 11.9 Å². The summed E-state index contributed by atoms with van der Waals surface area (Å²) in [6.45, 7) is 1.92. The summed E-state index contributed by atoms with van der Waals surface area (Å²) in [4.78, 5) is 21.3. The Hall–Kier alpha value is -2.36. The van der Waals surface area contributed by atoms with Gasteiger partial charge in [0.1, 0.15) is 5.82 Å². The monoisotopic (exact) mass is 225 g/mol. The van der Waals surface area contributed by atoms with Gasteiger partial charge in [0, 0.05) is 17.1 Å². The number of nitrogens with one attached hydrogen (secondary N) is 2. The van der Waals surface area contributed by atoms with E-state index < -0.39 is 0 Å². The van der Waals surface area contributed by atoms with Crippen molar-refractivity contribution >= 4 is 10.9 Å². The van der Waals surface area contributed by atoms with Crippen molar-refractivity contribution < 1.29 is 0 Å². The molecule has 0 aliphatic heterocycles. The highest BCUT2D eigenvalue weighted by molar-refractivity contribution is 5.83. The number of imidazole rings is 1. The highest BCUT2D eigenvalue weighted by Crippen LogP contribution is 2.21. The molecule has 2 aromatic heterocycles. The number of H-pyrrole nitrogens is 2. The Morgan fingerprint density at radius 2 is 2.00 bits per heavy atom. The zero-order valence-corrected chi connectivity index (χ0v) is 9.32. The van der Waals surface area contributed by atoms with Gasteiger partial charge in [-0.25, -0.2) is 4.98 Å². The van der Waals surface area contributed by atoms with Gasteiger partial charge in [-0.1, -0.05) is 6.07 Å². The molecule has 4 heteroatoms. The van der Waals surface area contributed by atoms with E-state index in [4.69, 9.17) is 0 Å². The molecular formula is C13H11N3O. The lowest BCUT2D eigenvalue weighted by molar-refractivity contribution is 1.15. The molecule has 0 saturated carbocycles. The Bertz CT molecular complexity index is 740. The molecule has 0 atom stereocenters. The standard InChI is InChI=1S/C13H11N3O/c1-8-14-7-12(15-8)10-2-4-11-9(6-10)3-5-13(17)16-11/h2-7H,1H3,(H,14,15)(H,16,17). The van der Waals surface area contributed by atoms with Crippen molar-refractivity contribution in [2.75, 3.05) is 0 Å². The van der Waals surface area contributed by atoms with Crippen molar-refractivity contribution in [2.45, 2.75) is 6.92 Å². The molecule has 3 aromatic rings. The third-order valence-corrected chi connectivity index (χ3v) is 2.74. The van der Waals surface area contributed by atoms with Crippen LogP contribution in [0.5, 0.6) is 0 Å². The number of aryl methyl sites for hydroxylation is 1. The molecule has 0 aliphatic carbocycles.